The first-order valence-corrected chi connectivity index (χ1v) is 11.2. The van der Waals surface area contributed by atoms with E-state index < -0.39 is 0 Å². The van der Waals surface area contributed by atoms with E-state index in [1.807, 2.05) is 37.3 Å². The maximum atomic E-state index is 5.97. The summed E-state index contributed by atoms with van der Waals surface area (Å²) in [4.78, 5) is 11.9. The Morgan fingerprint density at radius 3 is 2.90 bits per heavy atom. The Kier molecular flexibility index (Phi) is 4.02. The number of nitrogens with zero attached hydrogens (tertiary/aromatic N) is 3. The van der Waals surface area contributed by atoms with Crippen LogP contribution in [0.3, 0.4) is 0 Å². The van der Waals surface area contributed by atoms with Crippen molar-refractivity contribution in [2.75, 3.05) is 12.4 Å². The van der Waals surface area contributed by atoms with Gasteiger partial charge in [0.25, 0.3) is 0 Å². The second-order valence-corrected chi connectivity index (χ2v) is 9.11. The van der Waals surface area contributed by atoms with Gasteiger partial charge in [0.15, 0.2) is 16.7 Å². The minimum atomic E-state index is -0.222. The van der Waals surface area contributed by atoms with Gasteiger partial charge >= 0.3 is 0 Å². The van der Waals surface area contributed by atoms with E-state index in [-0.39, 0.29) is 6.17 Å². The molecule has 150 valence electrons. The van der Waals surface area contributed by atoms with Gasteiger partial charge in [-0.2, -0.15) is 0 Å². The molecular formula is C22H17BrN4O2S. The summed E-state index contributed by atoms with van der Waals surface area (Å²) in [5.74, 6) is 1.73. The van der Waals surface area contributed by atoms with E-state index >= 15 is 0 Å². The average molecular weight is 481 g/mol. The zero-order chi connectivity index (χ0) is 20.4. The lowest BCUT2D eigenvalue weighted by molar-refractivity contribution is 0.186. The van der Waals surface area contributed by atoms with Gasteiger partial charge in [0.2, 0.25) is 0 Å². The summed E-state index contributed by atoms with van der Waals surface area (Å²) in [5, 5.41) is 4.82. The largest absolute Gasteiger partial charge is 0.450 e. The molecule has 0 saturated carbocycles. The Balaban J connectivity index is 1.69. The summed E-state index contributed by atoms with van der Waals surface area (Å²) >= 11 is 5.10. The van der Waals surface area contributed by atoms with Crippen molar-refractivity contribution >= 4 is 54.2 Å². The normalized spacial score (nSPS) is 15.4. The van der Waals surface area contributed by atoms with Gasteiger partial charge in [0, 0.05) is 18.2 Å². The number of para-hydroxylation sites is 2. The number of ether oxygens (including phenoxy) is 1. The third kappa shape index (κ3) is 2.57. The predicted octanol–water partition coefficient (Wildman–Crippen LogP) is 6.10. The first-order valence-electron chi connectivity index (χ1n) is 9.55. The molecule has 1 aliphatic heterocycles. The Labute approximate surface area is 184 Å². The summed E-state index contributed by atoms with van der Waals surface area (Å²) in [7, 11) is 1.72. The van der Waals surface area contributed by atoms with Gasteiger partial charge in [-0.05, 0) is 58.7 Å². The molecular weight excluding hydrogens is 464 g/mol. The van der Waals surface area contributed by atoms with Crippen LogP contribution in [0.1, 0.15) is 23.2 Å². The number of fused-ring (bicyclic) bond motifs is 7. The van der Waals surface area contributed by atoms with E-state index in [9.17, 15) is 0 Å². The number of hydrogen-bond donors (Lipinski definition) is 1. The summed E-state index contributed by atoms with van der Waals surface area (Å²) in [6.45, 7) is 2.54. The molecule has 1 N–H and O–H groups in total. The van der Waals surface area contributed by atoms with Gasteiger partial charge < -0.3 is 14.5 Å². The number of thiophene rings is 1. The molecule has 0 bridgehead atoms. The van der Waals surface area contributed by atoms with Crippen molar-refractivity contribution in [3.05, 3.63) is 64.2 Å². The second kappa shape index (κ2) is 6.66. The van der Waals surface area contributed by atoms with Gasteiger partial charge in [-0.1, -0.05) is 12.1 Å². The minimum absolute atomic E-state index is 0.222. The van der Waals surface area contributed by atoms with E-state index in [4.69, 9.17) is 19.1 Å². The lowest BCUT2D eigenvalue weighted by Gasteiger charge is -2.27. The van der Waals surface area contributed by atoms with Crippen molar-refractivity contribution in [3.8, 4) is 10.7 Å². The molecule has 30 heavy (non-hydrogen) atoms. The molecule has 1 atom stereocenters. The molecule has 0 amide bonds. The molecule has 0 unspecified atom stereocenters. The maximum Gasteiger partial charge on any atom is 0.169 e. The van der Waals surface area contributed by atoms with Crippen molar-refractivity contribution in [3.63, 3.8) is 0 Å². The van der Waals surface area contributed by atoms with E-state index in [2.05, 4.69) is 37.9 Å². The van der Waals surface area contributed by atoms with E-state index in [0.717, 1.165) is 54.7 Å². The van der Waals surface area contributed by atoms with E-state index in [1.54, 1.807) is 18.4 Å². The molecule has 1 aromatic carbocycles. The molecule has 0 aliphatic carbocycles. The maximum absolute atomic E-state index is 5.97. The molecule has 0 saturated heterocycles. The number of halogens is 1. The molecule has 5 aromatic rings. The Bertz CT molecular complexity index is 1430. The molecule has 0 fully saturated rings. The number of aromatic nitrogens is 3. The van der Waals surface area contributed by atoms with Crippen molar-refractivity contribution in [1.82, 2.24) is 14.5 Å². The van der Waals surface area contributed by atoms with Crippen molar-refractivity contribution in [2.45, 2.75) is 19.7 Å². The summed E-state index contributed by atoms with van der Waals surface area (Å²) in [6.07, 6.45) is -0.222. The van der Waals surface area contributed by atoms with Crippen LogP contribution in [0.2, 0.25) is 0 Å². The number of anilines is 1. The average Bonchev–Trinajstić information content (AvgIpc) is 3.42. The smallest absolute Gasteiger partial charge is 0.169 e. The van der Waals surface area contributed by atoms with Gasteiger partial charge in [-0.15, -0.1) is 11.3 Å². The molecule has 8 heteroatoms. The molecule has 6 nitrogen and oxygen atoms in total. The summed E-state index contributed by atoms with van der Waals surface area (Å²) in [6, 6.07) is 14.2. The first-order chi connectivity index (χ1) is 14.6. The van der Waals surface area contributed by atoms with Crippen LogP contribution in [0.25, 0.3) is 32.0 Å². The molecule has 0 radical (unpaired) electrons. The minimum Gasteiger partial charge on any atom is -0.450 e. The molecule has 6 rings (SSSR count). The van der Waals surface area contributed by atoms with Crippen LogP contribution in [0, 0.1) is 6.92 Å². The lowest BCUT2D eigenvalue weighted by atomic mass is 10.1. The fourth-order valence-electron chi connectivity index (χ4n) is 4.22. The first kappa shape index (κ1) is 18.1. The van der Waals surface area contributed by atoms with Crippen molar-refractivity contribution in [2.24, 2.45) is 0 Å². The molecule has 0 spiro atoms. The second-order valence-electron chi connectivity index (χ2n) is 7.32. The highest BCUT2D eigenvalue weighted by Crippen LogP contribution is 2.49. The Morgan fingerprint density at radius 1 is 1.23 bits per heavy atom. The monoisotopic (exact) mass is 480 g/mol. The van der Waals surface area contributed by atoms with Crippen LogP contribution < -0.4 is 5.32 Å². The quantitative estimate of drug-likeness (QED) is 0.338. The van der Waals surface area contributed by atoms with Gasteiger partial charge in [0.05, 0.1) is 28.2 Å². The molecule has 1 aliphatic rings. The van der Waals surface area contributed by atoms with Crippen LogP contribution in [-0.4, -0.2) is 21.6 Å². The van der Waals surface area contributed by atoms with E-state index in [0.29, 0.717) is 11.3 Å². The number of aryl methyl sites for hydroxylation is 1. The van der Waals surface area contributed by atoms with Crippen LogP contribution in [-0.2, 0) is 11.3 Å². The third-order valence-corrected chi connectivity index (χ3v) is 6.88. The van der Waals surface area contributed by atoms with Gasteiger partial charge in [-0.25, -0.2) is 9.97 Å². The Morgan fingerprint density at radius 2 is 2.10 bits per heavy atom. The zero-order valence-electron chi connectivity index (χ0n) is 16.3. The van der Waals surface area contributed by atoms with Crippen LogP contribution >= 0.6 is 27.3 Å². The topological polar surface area (TPSA) is 65.1 Å². The fourth-order valence-corrected chi connectivity index (χ4v) is 5.75. The number of pyridine rings is 1. The van der Waals surface area contributed by atoms with Crippen molar-refractivity contribution < 1.29 is 9.15 Å². The number of nitrogens with one attached hydrogen (secondary N) is 1. The summed E-state index contributed by atoms with van der Waals surface area (Å²) < 4.78 is 14.4. The number of methoxy groups -OCH3 is 1. The zero-order valence-corrected chi connectivity index (χ0v) is 18.7. The molecule has 5 heterocycles. The summed E-state index contributed by atoms with van der Waals surface area (Å²) in [5.41, 5.74) is 5.15. The number of imidazole rings is 1. The van der Waals surface area contributed by atoms with Gasteiger partial charge in [-0.3, -0.25) is 4.57 Å². The standard InChI is InChI=1S/C22H17BrN4O2S/c1-11-9-12(10-28-2)17-18-19(30-22(17)24-11)21-25-13-5-3-4-6-14(13)27(21)20(26-18)15-7-8-16(23)29-15/h3-9,20,26H,10H2,1-2H3/t20-/m1/s1. The van der Waals surface area contributed by atoms with Crippen molar-refractivity contribution in [1.29, 1.82) is 0 Å². The fraction of sp³-hybridized carbons (Fsp3) is 0.182. The van der Waals surface area contributed by atoms with Crippen LogP contribution in [0.4, 0.5) is 5.69 Å². The highest BCUT2D eigenvalue weighted by atomic mass is 79.9. The number of rotatable bonds is 3. The number of hydrogen-bond acceptors (Lipinski definition) is 6. The van der Waals surface area contributed by atoms with Crippen LogP contribution in [0.5, 0.6) is 0 Å². The SMILES string of the molecule is COCc1cc(C)nc2sc3c(c12)N[C@@H](c1ccc(Br)o1)n1c-3nc2ccccc21. The highest BCUT2D eigenvalue weighted by molar-refractivity contribution is 9.10. The highest BCUT2D eigenvalue weighted by Gasteiger charge is 2.33. The van der Waals surface area contributed by atoms with Crippen LogP contribution in [0.15, 0.2) is 51.6 Å². The number of furan rings is 1. The lowest BCUT2D eigenvalue weighted by Crippen LogP contribution is -2.23. The van der Waals surface area contributed by atoms with Gasteiger partial charge in [0.1, 0.15) is 10.6 Å². The number of benzene rings is 1. The van der Waals surface area contributed by atoms with E-state index in [1.165, 1.54) is 0 Å². The Hall–Kier alpha value is -2.68. The molecule has 4 aromatic heterocycles. The predicted molar refractivity (Wildman–Crippen MR) is 122 cm³/mol. The third-order valence-electron chi connectivity index (χ3n) is 5.37.